The molecule has 0 aromatic heterocycles. The first-order valence-corrected chi connectivity index (χ1v) is 26.3. The van der Waals surface area contributed by atoms with Gasteiger partial charge in [-0.1, -0.05) is 74.5 Å². The van der Waals surface area contributed by atoms with Crippen LogP contribution in [0.2, 0.25) is 0 Å². The first kappa shape index (κ1) is 64.0. The lowest BCUT2D eigenvalue weighted by Gasteiger charge is -2.28. The normalized spacial score (nSPS) is 23.7. The van der Waals surface area contributed by atoms with E-state index in [9.17, 15) is 58.2 Å². The summed E-state index contributed by atoms with van der Waals surface area (Å²) >= 11 is 0. The SMILES string of the molecule is CC(C)C[C@@H]1NC(=O)[C@@H](Cc2ccccc2)CC(=O)[C@H](CCN)NC(=O)[C@@H](CC(=O)[C@H](CCN)NC(=O)[C@@H](CC(=O)c2ccccc2)C(C)O)CCNC(=O)[C@H](C(C)O)CC(=O)[C@H](CCN)NC(=O)[C@H](CCN)NC1=O. The van der Waals surface area contributed by atoms with Crippen LogP contribution < -0.4 is 54.8 Å². The van der Waals surface area contributed by atoms with Crippen molar-refractivity contribution in [2.45, 2.75) is 141 Å². The van der Waals surface area contributed by atoms with E-state index in [2.05, 4.69) is 31.9 Å². The van der Waals surface area contributed by atoms with Crippen molar-refractivity contribution in [3.8, 4) is 0 Å². The molecule has 76 heavy (non-hydrogen) atoms. The van der Waals surface area contributed by atoms with Gasteiger partial charge in [-0.25, -0.2) is 0 Å². The van der Waals surface area contributed by atoms with Crippen LogP contribution in [0, 0.1) is 29.6 Å². The Morgan fingerprint density at radius 2 is 1.14 bits per heavy atom. The fraction of sp³-hybridized carbons (Fsp3) is 0.593. The molecule has 1 fully saturated rings. The summed E-state index contributed by atoms with van der Waals surface area (Å²) in [5.74, 6) is -12.3. The van der Waals surface area contributed by atoms with E-state index >= 15 is 0 Å². The van der Waals surface area contributed by atoms with Crippen LogP contribution in [0.1, 0.15) is 108 Å². The third-order valence-electron chi connectivity index (χ3n) is 13.4. The van der Waals surface area contributed by atoms with Gasteiger partial charge < -0.3 is 65.0 Å². The maximum atomic E-state index is 14.5. The third-order valence-corrected chi connectivity index (χ3v) is 13.4. The molecule has 0 bridgehead atoms. The minimum Gasteiger partial charge on any atom is -0.393 e. The number of carbonyl (C=O) groups excluding carboxylic acids is 10. The minimum absolute atomic E-state index is 0.0291. The van der Waals surface area contributed by atoms with Gasteiger partial charge in [0.1, 0.15) is 12.1 Å². The molecule has 11 atom stereocenters. The molecule has 1 saturated heterocycles. The summed E-state index contributed by atoms with van der Waals surface area (Å²) in [5.41, 5.74) is 24.6. The van der Waals surface area contributed by atoms with Crippen LogP contribution in [0.15, 0.2) is 60.7 Å². The van der Waals surface area contributed by atoms with Crippen LogP contribution in [0.3, 0.4) is 0 Å². The molecular weight excluding hydrogens is 981 g/mol. The van der Waals surface area contributed by atoms with Crippen LogP contribution in [0.25, 0.3) is 0 Å². The highest BCUT2D eigenvalue weighted by molar-refractivity contribution is 6.00. The van der Waals surface area contributed by atoms with E-state index in [1.807, 2.05) is 13.8 Å². The minimum atomic E-state index is -1.41. The van der Waals surface area contributed by atoms with Gasteiger partial charge in [0, 0.05) is 49.6 Å². The van der Waals surface area contributed by atoms with E-state index in [0.717, 1.165) is 0 Å². The lowest BCUT2D eigenvalue weighted by Crippen LogP contribution is -2.57. The van der Waals surface area contributed by atoms with Gasteiger partial charge in [0.25, 0.3) is 0 Å². The van der Waals surface area contributed by atoms with Crippen LogP contribution >= 0.6 is 0 Å². The van der Waals surface area contributed by atoms with Crippen molar-refractivity contribution in [3.63, 3.8) is 0 Å². The average Bonchev–Trinajstić information content (AvgIpc) is 3.37. The maximum Gasteiger partial charge on any atom is 0.243 e. The molecule has 3 rings (SSSR count). The average molecular weight is 1060 g/mol. The molecule has 1 heterocycles. The predicted octanol–water partition coefficient (Wildman–Crippen LogP) is -1.01. The Balaban J connectivity index is 2.11. The zero-order valence-corrected chi connectivity index (χ0v) is 44.3. The Hall–Kier alpha value is -6.30. The third kappa shape index (κ3) is 21.0. The van der Waals surface area contributed by atoms with Gasteiger partial charge in [-0.05, 0) is 96.5 Å². The Labute approximate surface area is 445 Å². The molecule has 1 aliphatic heterocycles. The molecule has 22 heteroatoms. The predicted molar refractivity (Wildman–Crippen MR) is 283 cm³/mol. The van der Waals surface area contributed by atoms with E-state index in [-0.39, 0.29) is 83.6 Å². The lowest BCUT2D eigenvalue weighted by atomic mass is 9.89. The molecule has 22 nitrogen and oxygen atoms in total. The van der Waals surface area contributed by atoms with Crippen molar-refractivity contribution in [1.82, 2.24) is 31.9 Å². The van der Waals surface area contributed by atoms with Crippen molar-refractivity contribution < 1.29 is 58.2 Å². The second-order valence-corrected chi connectivity index (χ2v) is 20.1. The molecule has 2 unspecified atom stereocenters. The Kier molecular flexibility index (Phi) is 27.8. The highest BCUT2D eigenvalue weighted by atomic mass is 16.3. The summed E-state index contributed by atoms with van der Waals surface area (Å²) in [6.07, 6.45) is -5.22. The van der Waals surface area contributed by atoms with E-state index in [1.165, 1.54) is 13.8 Å². The molecule has 2 aromatic rings. The van der Waals surface area contributed by atoms with E-state index in [0.29, 0.717) is 11.1 Å². The van der Waals surface area contributed by atoms with Crippen LogP contribution in [-0.2, 0) is 49.6 Å². The summed E-state index contributed by atoms with van der Waals surface area (Å²) in [5, 5.41) is 37.5. The van der Waals surface area contributed by atoms with Gasteiger partial charge in [-0.15, -0.1) is 0 Å². The number of amides is 6. The molecule has 1 aliphatic rings. The van der Waals surface area contributed by atoms with Crippen LogP contribution in [0.4, 0.5) is 0 Å². The molecule has 0 saturated carbocycles. The highest BCUT2D eigenvalue weighted by Gasteiger charge is 2.37. The molecule has 0 radical (unpaired) electrons. The van der Waals surface area contributed by atoms with Gasteiger partial charge in [-0.2, -0.15) is 0 Å². The molecule has 16 N–H and O–H groups in total. The number of hydrogen-bond acceptors (Lipinski definition) is 16. The second kappa shape index (κ2) is 33.0. The smallest absolute Gasteiger partial charge is 0.243 e. The van der Waals surface area contributed by atoms with E-state index < -0.39 is 150 Å². The number of aliphatic hydroxyl groups is 2. The van der Waals surface area contributed by atoms with Crippen molar-refractivity contribution in [3.05, 3.63) is 71.8 Å². The Morgan fingerprint density at radius 1 is 0.632 bits per heavy atom. The van der Waals surface area contributed by atoms with Gasteiger partial charge in [0.2, 0.25) is 35.4 Å². The van der Waals surface area contributed by atoms with Gasteiger partial charge in [0.15, 0.2) is 23.1 Å². The lowest BCUT2D eigenvalue weighted by molar-refractivity contribution is -0.136. The van der Waals surface area contributed by atoms with Crippen LogP contribution in [0.5, 0.6) is 0 Å². The van der Waals surface area contributed by atoms with Crippen molar-refractivity contribution in [2.24, 2.45) is 52.5 Å². The van der Waals surface area contributed by atoms with E-state index in [1.54, 1.807) is 60.7 Å². The maximum absolute atomic E-state index is 14.5. The van der Waals surface area contributed by atoms with Gasteiger partial charge >= 0.3 is 0 Å². The summed E-state index contributed by atoms with van der Waals surface area (Å²) in [4.78, 5) is 140. The molecule has 2 aromatic carbocycles. The summed E-state index contributed by atoms with van der Waals surface area (Å²) in [7, 11) is 0. The van der Waals surface area contributed by atoms with E-state index in [4.69, 9.17) is 22.9 Å². The monoisotopic (exact) mass is 1060 g/mol. The van der Waals surface area contributed by atoms with Gasteiger partial charge in [0.05, 0.1) is 42.2 Å². The number of hydrogen-bond donors (Lipinski definition) is 12. The standard InChI is InChI=1S/C54H82N10O12/c1-31(2)25-44-54(76)63-43(18-23-58)53(75)62-42(17-22-57)48(70)30-38(32(3)65)51(73)59-24-19-36(49(71)60-40(15-20-55)47(69)28-37(50(72)64-44)26-34-11-7-5-8-12-34)27-46(68)41(16-21-56)61-52(74)39(33(4)66)29-45(67)35-13-9-6-10-14-35/h5-14,31-33,36-44,65-66H,15-30,55-58H2,1-4H3,(H,59,73)(H,60,71)(H,61,74)(H,62,75)(H,63,76)(H,64,72)/t32?,33?,36-,37+,38+,39+,40+,41+,42+,43+,44+/m1/s1. The Morgan fingerprint density at radius 3 is 1.70 bits per heavy atom. The number of aliphatic hydroxyl groups excluding tert-OH is 2. The van der Waals surface area contributed by atoms with Crippen molar-refractivity contribution >= 4 is 58.6 Å². The largest absolute Gasteiger partial charge is 0.393 e. The quantitative estimate of drug-likeness (QED) is 0.0629. The molecule has 6 amide bonds. The number of nitrogens with one attached hydrogen (secondary N) is 6. The second-order valence-electron chi connectivity index (χ2n) is 20.1. The summed E-state index contributed by atoms with van der Waals surface area (Å²) < 4.78 is 0. The molecular formula is C54H82N10O12. The van der Waals surface area contributed by atoms with Crippen molar-refractivity contribution in [1.29, 1.82) is 0 Å². The van der Waals surface area contributed by atoms with Crippen LogP contribution in [-0.4, -0.2) is 144 Å². The number of nitrogens with two attached hydrogens (primary N) is 4. The summed E-state index contributed by atoms with van der Waals surface area (Å²) in [6, 6.07) is 10.6. The van der Waals surface area contributed by atoms with Crippen molar-refractivity contribution in [2.75, 3.05) is 32.7 Å². The topological polar surface area (TPSA) is 387 Å². The number of ketones is 4. The number of rotatable bonds is 22. The molecule has 420 valence electrons. The van der Waals surface area contributed by atoms with Gasteiger partial charge in [-0.3, -0.25) is 47.9 Å². The first-order chi connectivity index (χ1) is 36.1. The fourth-order valence-electron chi connectivity index (χ4n) is 9.00. The zero-order valence-electron chi connectivity index (χ0n) is 44.3. The highest BCUT2D eigenvalue weighted by Crippen LogP contribution is 2.21. The fourth-order valence-corrected chi connectivity index (χ4v) is 9.00. The number of carbonyl (C=O) groups is 10. The molecule has 0 spiro atoms. The Bertz CT molecular complexity index is 2250. The number of benzene rings is 2. The summed E-state index contributed by atoms with van der Waals surface area (Å²) in [6.45, 7) is 5.60. The zero-order chi connectivity index (χ0) is 56.5. The first-order valence-electron chi connectivity index (χ1n) is 26.3. The number of Topliss-reactive ketones (excluding diaryl/α,β-unsaturated/α-hetero) is 4. The molecule has 0 aliphatic carbocycles.